The molecule has 0 N–H and O–H groups in total. The number of carbonyl (C=O) groups excluding carboxylic acids is 1. The van der Waals surface area contributed by atoms with Crippen LogP contribution in [0.1, 0.15) is 53.5 Å². The molecule has 3 heterocycles. The summed E-state index contributed by atoms with van der Waals surface area (Å²) < 4.78 is 21.7. The van der Waals surface area contributed by atoms with Gasteiger partial charge in [-0.15, -0.1) is 0 Å². The number of amides is 1. The number of halogens is 3. The first-order valence-electron chi connectivity index (χ1n) is 14.5. The standard InChI is InChI=1S/C32H37BrCl2N4O4Si/c1-31(2,3)43-30(40)38-18-24(29-37-27(33)26-28(35)36-17-25(34)39(26)29)41-19-21(38)20-42-44(32(4,5)6,22-13-9-7-10-14-22)23-15-11-8-12-16-23/h7-17,21,24H,18-20H2,1-6H3. The van der Waals surface area contributed by atoms with Crippen LogP contribution in [-0.4, -0.2) is 65.1 Å². The highest BCUT2D eigenvalue weighted by atomic mass is 79.9. The van der Waals surface area contributed by atoms with Gasteiger partial charge in [0, 0.05) is 0 Å². The SMILES string of the molecule is CC(C)(C)OC(=O)N1CC(c2nc(Br)c3c(Cl)ncc(Cl)n23)OCC1CO[Si](c1ccccc1)(c1ccccc1)C(C)(C)C. The molecule has 0 aliphatic carbocycles. The number of fused-ring (bicyclic) bond motifs is 1. The molecule has 2 aromatic heterocycles. The summed E-state index contributed by atoms with van der Waals surface area (Å²) in [5, 5.41) is 2.66. The van der Waals surface area contributed by atoms with Crippen LogP contribution in [0, 0.1) is 0 Å². The summed E-state index contributed by atoms with van der Waals surface area (Å²) in [6, 6.07) is 20.4. The fraction of sp³-hybridized carbons (Fsp3) is 0.406. The second kappa shape index (κ2) is 12.7. The van der Waals surface area contributed by atoms with Crippen LogP contribution < -0.4 is 10.4 Å². The number of hydrogen-bond acceptors (Lipinski definition) is 6. The molecule has 0 spiro atoms. The fourth-order valence-corrected chi connectivity index (χ4v) is 11.5. The number of ether oxygens (including phenoxy) is 2. The maximum Gasteiger partial charge on any atom is 0.410 e. The Morgan fingerprint density at radius 1 is 1.02 bits per heavy atom. The van der Waals surface area contributed by atoms with Crippen LogP contribution in [0.25, 0.3) is 5.52 Å². The van der Waals surface area contributed by atoms with E-state index in [2.05, 4.69) is 95.2 Å². The molecule has 5 rings (SSSR count). The molecule has 1 saturated heterocycles. The number of rotatable bonds is 6. The van der Waals surface area contributed by atoms with Crippen molar-refractivity contribution in [2.24, 2.45) is 0 Å². The molecule has 1 aliphatic heterocycles. The second-order valence-electron chi connectivity index (χ2n) is 12.9. The fourth-order valence-electron chi connectivity index (χ4n) is 5.77. The van der Waals surface area contributed by atoms with Crippen molar-refractivity contribution in [1.82, 2.24) is 19.3 Å². The van der Waals surface area contributed by atoms with Crippen molar-refractivity contribution < 1.29 is 18.7 Å². The number of carbonyl (C=O) groups is 1. The van der Waals surface area contributed by atoms with Crippen LogP contribution >= 0.6 is 39.1 Å². The molecule has 234 valence electrons. The van der Waals surface area contributed by atoms with E-state index in [0.29, 0.717) is 21.1 Å². The van der Waals surface area contributed by atoms with Crippen LogP contribution in [0.4, 0.5) is 4.79 Å². The molecule has 8 nitrogen and oxygen atoms in total. The maximum absolute atomic E-state index is 13.8. The molecule has 0 saturated carbocycles. The van der Waals surface area contributed by atoms with Gasteiger partial charge in [-0.1, -0.05) is 105 Å². The lowest BCUT2D eigenvalue weighted by Gasteiger charge is -2.45. The summed E-state index contributed by atoms with van der Waals surface area (Å²) in [7, 11) is -2.87. The van der Waals surface area contributed by atoms with E-state index in [1.54, 1.807) is 9.30 Å². The topological polar surface area (TPSA) is 78.2 Å². The summed E-state index contributed by atoms with van der Waals surface area (Å²) in [5.41, 5.74) is -0.168. The molecule has 44 heavy (non-hydrogen) atoms. The van der Waals surface area contributed by atoms with E-state index in [1.807, 2.05) is 32.9 Å². The second-order valence-corrected chi connectivity index (χ2v) is 18.7. The number of morpholine rings is 1. The first-order valence-corrected chi connectivity index (χ1v) is 17.9. The van der Waals surface area contributed by atoms with Gasteiger partial charge in [0.2, 0.25) is 0 Å². The van der Waals surface area contributed by atoms with Crippen LogP contribution in [0.15, 0.2) is 71.5 Å². The molecule has 12 heteroatoms. The lowest BCUT2D eigenvalue weighted by Crippen LogP contribution is -2.68. The average Bonchev–Trinajstić information content (AvgIpc) is 3.33. The molecular weight excluding hydrogens is 683 g/mol. The Hall–Kier alpha value is -2.47. The highest BCUT2D eigenvalue weighted by molar-refractivity contribution is 9.10. The maximum atomic E-state index is 13.8. The Labute approximate surface area is 277 Å². The molecule has 2 unspecified atom stereocenters. The van der Waals surface area contributed by atoms with Crippen molar-refractivity contribution in [3.05, 3.63) is 87.6 Å². The van der Waals surface area contributed by atoms with E-state index in [-0.39, 0.29) is 29.9 Å². The number of benzene rings is 2. The van der Waals surface area contributed by atoms with E-state index in [1.165, 1.54) is 6.20 Å². The summed E-state index contributed by atoms with van der Waals surface area (Å²) in [6.45, 7) is 12.9. The minimum absolute atomic E-state index is 0.172. The summed E-state index contributed by atoms with van der Waals surface area (Å²) in [4.78, 5) is 24.3. The lowest BCUT2D eigenvalue weighted by atomic mass is 10.1. The Morgan fingerprint density at radius 2 is 1.61 bits per heavy atom. The van der Waals surface area contributed by atoms with Crippen LogP contribution in [0.3, 0.4) is 0 Å². The first kappa shape index (κ1) is 32.9. The first-order chi connectivity index (χ1) is 20.7. The molecule has 0 radical (unpaired) electrons. The molecule has 0 bridgehead atoms. The molecule has 2 atom stereocenters. The van der Waals surface area contributed by atoms with Gasteiger partial charge in [0.05, 0.1) is 32.0 Å². The van der Waals surface area contributed by atoms with E-state index in [9.17, 15) is 4.79 Å². The molecule has 1 aliphatic rings. The Morgan fingerprint density at radius 3 is 2.16 bits per heavy atom. The molecule has 1 amide bonds. The van der Waals surface area contributed by atoms with E-state index < -0.39 is 32.2 Å². The molecular formula is C32H37BrCl2N4O4Si. The highest BCUT2D eigenvalue weighted by Gasteiger charge is 2.51. The minimum Gasteiger partial charge on any atom is -0.444 e. The Balaban J connectivity index is 1.52. The number of aromatic nitrogens is 3. The average molecular weight is 721 g/mol. The van der Waals surface area contributed by atoms with Crippen molar-refractivity contribution in [2.45, 2.75) is 64.3 Å². The van der Waals surface area contributed by atoms with Crippen LogP contribution in [0.5, 0.6) is 0 Å². The lowest BCUT2D eigenvalue weighted by molar-refractivity contribution is -0.0830. The Kier molecular flexibility index (Phi) is 9.52. The van der Waals surface area contributed by atoms with Crippen LogP contribution in [-0.2, 0) is 13.9 Å². The monoisotopic (exact) mass is 718 g/mol. The van der Waals surface area contributed by atoms with Gasteiger partial charge in [-0.25, -0.2) is 14.8 Å². The quantitative estimate of drug-likeness (QED) is 0.199. The normalized spacial score (nSPS) is 18.1. The van der Waals surface area contributed by atoms with E-state index >= 15 is 0 Å². The van der Waals surface area contributed by atoms with E-state index in [0.717, 1.165) is 10.4 Å². The predicted molar refractivity (Wildman–Crippen MR) is 180 cm³/mol. The van der Waals surface area contributed by atoms with Gasteiger partial charge in [0.1, 0.15) is 32.8 Å². The zero-order valence-corrected chi connectivity index (χ0v) is 29.8. The van der Waals surface area contributed by atoms with Gasteiger partial charge in [-0.2, -0.15) is 0 Å². The van der Waals surface area contributed by atoms with Crippen LogP contribution in [0.2, 0.25) is 15.3 Å². The zero-order valence-electron chi connectivity index (χ0n) is 25.7. The molecule has 4 aromatic rings. The van der Waals surface area contributed by atoms with Gasteiger partial charge >= 0.3 is 6.09 Å². The summed E-state index contributed by atoms with van der Waals surface area (Å²) in [5.74, 6) is 0.501. The summed E-state index contributed by atoms with van der Waals surface area (Å²) >= 11 is 16.4. The van der Waals surface area contributed by atoms with Crippen molar-refractivity contribution in [3.8, 4) is 0 Å². The number of nitrogens with zero attached hydrogens (tertiary/aromatic N) is 4. The zero-order chi connectivity index (χ0) is 31.9. The van der Waals surface area contributed by atoms with Crippen molar-refractivity contribution in [3.63, 3.8) is 0 Å². The highest BCUT2D eigenvalue weighted by Crippen LogP contribution is 2.38. The third-order valence-corrected chi connectivity index (χ3v) is 13.8. The third-order valence-electron chi connectivity index (χ3n) is 7.67. The number of hydrogen-bond donors (Lipinski definition) is 0. The van der Waals surface area contributed by atoms with Gasteiger partial charge in [0.15, 0.2) is 5.15 Å². The van der Waals surface area contributed by atoms with Gasteiger partial charge in [-0.3, -0.25) is 9.30 Å². The van der Waals surface area contributed by atoms with Crippen molar-refractivity contribution in [1.29, 1.82) is 0 Å². The third kappa shape index (κ3) is 6.43. The van der Waals surface area contributed by atoms with Crippen molar-refractivity contribution in [2.75, 3.05) is 19.8 Å². The minimum atomic E-state index is -2.87. The van der Waals surface area contributed by atoms with Gasteiger partial charge in [0.25, 0.3) is 8.32 Å². The van der Waals surface area contributed by atoms with Gasteiger partial charge in [-0.05, 0) is 52.1 Å². The number of imidazole rings is 1. The predicted octanol–water partition coefficient (Wildman–Crippen LogP) is 7.05. The molecule has 1 fully saturated rings. The largest absolute Gasteiger partial charge is 0.444 e. The van der Waals surface area contributed by atoms with E-state index in [4.69, 9.17) is 37.1 Å². The van der Waals surface area contributed by atoms with Gasteiger partial charge < -0.3 is 13.9 Å². The Bertz CT molecular complexity index is 1590. The molecule has 2 aromatic carbocycles. The smallest absolute Gasteiger partial charge is 0.410 e. The van der Waals surface area contributed by atoms with Crippen molar-refractivity contribution >= 4 is 69.4 Å². The summed E-state index contributed by atoms with van der Waals surface area (Å²) in [6.07, 6.45) is 0.401.